The highest BCUT2D eigenvalue weighted by Crippen LogP contribution is 2.40. The van der Waals surface area contributed by atoms with Gasteiger partial charge in [0.15, 0.2) is 0 Å². The smallest absolute Gasteiger partial charge is 0.311 e. The van der Waals surface area contributed by atoms with Gasteiger partial charge in [0.05, 0.1) is 10.4 Å². The van der Waals surface area contributed by atoms with Crippen molar-refractivity contribution in [2.24, 2.45) is 5.41 Å². The van der Waals surface area contributed by atoms with Gasteiger partial charge < -0.3 is 10.4 Å². The van der Waals surface area contributed by atoms with Crippen LogP contribution in [-0.2, 0) is 9.59 Å². The molecule has 0 heterocycles. The fourth-order valence-corrected chi connectivity index (χ4v) is 2.44. The first-order chi connectivity index (χ1) is 9.94. The molecule has 1 aliphatic rings. The molecule has 0 aromatic heterocycles. The van der Waals surface area contributed by atoms with Gasteiger partial charge in [-0.2, -0.15) is 0 Å². The summed E-state index contributed by atoms with van der Waals surface area (Å²) in [7, 11) is 0. The molecule has 1 aromatic carbocycles. The van der Waals surface area contributed by atoms with Crippen molar-refractivity contribution in [3.63, 3.8) is 0 Å². The lowest BCUT2D eigenvalue weighted by atomic mass is 9.69. The Morgan fingerprint density at radius 3 is 2.67 bits per heavy atom. The summed E-state index contributed by atoms with van der Waals surface area (Å²) in [5, 5.41) is 11.9. The second kappa shape index (κ2) is 6.26. The minimum absolute atomic E-state index is 0.0799. The molecule has 2 N–H and O–H groups in total. The molecule has 1 fully saturated rings. The molecular formula is C15H15ClFNO3. The van der Waals surface area contributed by atoms with Crippen LogP contribution < -0.4 is 5.32 Å². The lowest BCUT2D eigenvalue weighted by molar-refractivity contribution is -0.154. The van der Waals surface area contributed by atoms with Crippen molar-refractivity contribution in [1.82, 2.24) is 5.32 Å². The zero-order valence-corrected chi connectivity index (χ0v) is 12.0. The minimum Gasteiger partial charge on any atom is -0.481 e. The summed E-state index contributed by atoms with van der Waals surface area (Å²) >= 11 is 5.84. The normalized spacial score (nSPS) is 16.5. The van der Waals surface area contributed by atoms with Gasteiger partial charge in [-0.3, -0.25) is 9.59 Å². The number of hydrogen-bond donors (Lipinski definition) is 2. The molecule has 0 bridgehead atoms. The molecule has 4 nitrogen and oxygen atoms in total. The molecule has 1 amide bonds. The van der Waals surface area contributed by atoms with Crippen molar-refractivity contribution in [1.29, 1.82) is 0 Å². The number of amides is 1. The molecule has 0 spiro atoms. The summed E-state index contributed by atoms with van der Waals surface area (Å²) in [6.45, 7) is 0.0799. The van der Waals surface area contributed by atoms with E-state index in [1.165, 1.54) is 24.3 Å². The molecule has 1 aromatic rings. The zero-order valence-electron chi connectivity index (χ0n) is 11.2. The second-order valence-electron chi connectivity index (χ2n) is 5.13. The van der Waals surface area contributed by atoms with Crippen LogP contribution in [0.3, 0.4) is 0 Å². The van der Waals surface area contributed by atoms with Gasteiger partial charge in [0.2, 0.25) is 5.91 Å². The fraction of sp³-hybridized carbons (Fsp3) is 0.333. The maximum atomic E-state index is 13.5. The summed E-state index contributed by atoms with van der Waals surface area (Å²) in [4.78, 5) is 22.8. The molecular weight excluding hydrogens is 297 g/mol. The predicted molar refractivity (Wildman–Crippen MR) is 77.4 cm³/mol. The SMILES string of the molecule is O=C(/C=C/c1c(F)cccc1Cl)NCC1(C(=O)O)CCC1. The van der Waals surface area contributed by atoms with E-state index in [9.17, 15) is 14.0 Å². The van der Waals surface area contributed by atoms with E-state index in [0.717, 1.165) is 12.5 Å². The Labute approximate surface area is 126 Å². The van der Waals surface area contributed by atoms with Gasteiger partial charge in [0.1, 0.15) is 5.82 Å². The fourth-order valence-electron chi connectivity index (χ4n) is 2.21. The summed E-state index contributed by atoms with van der Waals surface area (Å²) in [5.41, 5.74) is -0.718. The molecule has 0 atom stereocenters. The van der Waals surface area contributed by atoms with E-state index in [1.54, 1.807) is 0 Å². The van der Waals surface area contributed by atoms with E-state index in [4.69, 9.17) is 16.7 Å². The Kier molecular flexibility index (Phi) is 4.63. The van der Waals surface area contributed by atoms with Crippen LogP contribution in [0.5, 0.6) is 0 Å². The number of rotatable bonds is 5. The number of nitrogens with one attached hydrogen (secondary N) is 1. The average Bonchev–Trinajstić information content (AvgIpc) is 2.36. The highest BCUT2D eigenvalue weighted by molar-refractivity contribution is 6.32. The number of benzene rings is 1. The van der Waals surface area contributed by atoms with Crippen molar-refractivity contribution in [3.8, 4) is 0 Å². The van der Waals surface area contributed by atoms with Crippen LogP contribution in [0.25, 0.3) is 6.08 Å². The summed E-state index contributed by atoms with van der Waals surface area (Å²) in [5.74, 6) is -1.88. The zero-order chi connectivity index (χ0) is 15.5. The van der Waals surface area contributed by atoms with E-state index < -0.39 is 23.1 Å². The van der Waals surface area contributed by atoms with Gasteiger partial charge in [0.25, 0.3) is 0 Å². The Hall–Kier alpha value is -1.88. The minimum atomic E-state index is -0.893. The summed E-state index contributed by atoms with van der Waals surface area (Å²) in [6, 6.07) is 4.25. The third-order valence-electron chi connectivity index (χ3n) is 3.77. The molecule has 0 radical (unpaired) electrons. The van der Waals surface area contributed by atoms with Crippen LogP contribution in [-0.4, -0.2) is 23.5 Å². The first kappa shape index (κ1) is 15.5. The maximum absolute atomic E-state index is 13.5. The van der Waals surface area contributed by atoms with Crippen molar-refractivity contribution in [3.05, 3.63) is 40.7 Å². The Morgan fingerprint density at radius 2 is 2.14 bits per heavy atom. The van der Waals surface area contributed by atoms with Gasteiger partial charge >= 0.3 is 5.97 Å². The highest BCUT2D eigenvalue weighted by Gasteiger charge is 2.44. The molecule has 6 heteroatoms. The van der Waals surface area contributed by atoms with Crippen LogP contribution >= 0.6 is 11.6 Å². The molecule has 1 aliphatic carbocycles. The van der Waals surface area contributed by atoms with E-state index >= 15 is 0 Å². The van der Waals surface area contributed by atoms with E-state index in [2.05, 4.69) is 5.32 Å². The van der Waals surface area contributed by atoms with Crippen molar-refractivity contribution in [2.75, 3.05) is 6.54 Å². The van der Waals surface area contributed by atoms with E-state index in [-0.39, 0.29) is 17.1 Å². The summed E-state index contributed by atoms with van der Waals surface area (Å²) < 4.78 is 13.5. The average molecular weight is 312 g/mol. The predicted octanol–water partition coefficient (Wildman–Crippen LogP) is 2.86. The molecule has 21 heavy (non-hydrogen) atoms. The highest BCUT2D eigenvalue weighted by atomic mass is 35.5. The van der Waals surface area contributed by atoms with Crippen LogP contribution in [0.15, 0.2) is 24.3 Å². The van der Waals surface area contributed by atoms with Crippen LogP contribution in [0.1, 0.15) is 24.8 Å². The van der Waals surface area contributed by atoms with E-state index in [1.807, 2.05) is 0 Å². The Balaban J connectivity index is 1.96. The number of aliphatic carboxylic acids is 1. The van der Waals surface area contributed by atoms with Crippen LogP contribution in [0.4, 0.5) is 4.39 Å². The van der Waals surface area contributed by atoms with Gasteiger partial charge in [-0.1, -0.05) is 24.1 Å². The Morgan fingerprint density at radius 1 is 1.43 bits per heavy atom. The Bertz CT molecular complexity index is 576. The standard InChI is InChI=1S/C15H15ClFNO3/c16-11-3-1-4-12(17)10(11)5-6-13(19)18-9-15(14(20)21)7-2-8-15/h1,3-6H,2,7-9H2,(H,18,19)(H,20,21)/b6-5+. The number of halogens is 2. The van der Waals surface area contributed by atoms with Gasteiger partial charge in [-0.25, -0.2) is 4.39 Å². The quantitative estimate of drug-likeness (QED) is 0.822. The van der Waals surface area contributed by atoms with Crippen molar-refractivity contribution < 1.29 is 19.1 Å². The lowest BCUT2D eigenvalue weighted by Gasteiger charge is -2.37. The number of carboxylic acid groups (broad SMARTS) is 1. The number of carboxylic acids is 1. The number of carbonyl (C=O) groups excluding carboxylic acids is 1. The number of carbonyl (C=O) groups is 2. The first-order valence-electron chi connectivity index (χ1n) is 6.58. The van der Waals surface area contributed by atoms with Gasteiger partial charge in [-0.15, -0.1) is 0 Å². The van der Waals surface area contributed by atoms with E-state index in [0.29, 0.717) is 12.8 Å². The molecule has 0 aliphatic heterocycles. The largest absolute Gasteiger partial charge is 0.481 e. The maximum Gasteiger partial charge on any atom is 0.311 e. The lowest BCUT2D eigenvalue weighted by Crippen LogP contribution is -2.47. The van der Waals surface area contributed by atoms with Gasteiger partial charge in [0, 0.05) is 18.2 Å². The third kappa shape index (κ3) is 3.42. The molecule has 0 unspecified atom stereocenters. The topological polar surface area (TPSA) is 66.4 Å². The monoisotopic (exact) mass is 311 g/mol. The third-order valence-corrected chi connectivity index (χ3v) is 4.10. The van der Waals surface area contributed by atoms with Crippen LogP contribution in [0, 0.1) is 11.2 Å². The first-order valence-corrected chi connectivity index (χ1v) is 6.96. The van der Waals surface area contributed by atoms with Crippen molar-refractivity contribution >= 4 is 29.6 Å². The van der Waals surface area contributed by atoms with Crippen molar-refractivity contribution in [2.45, 2.75) is 19.3 Å². The number of hydrogen-bond acceptors (Lipinski definition) is 2. The second-order valence-corrected chi connectivity index (χ2v) is 5.53. The molecule has 112 valence electrons. The molecule has 1 saturated carbocycles. The van der Waals surface area contributed by atoms with Gasteiger partial charge in [-0.05, 0) is 31.1 Å². The molecule has 0 saturated heterocycles. The van der Waals surface area contributed by atoms with Crippen LogP contribution in [0.2, 0.25) is 5.02 Å². The summed E-state index contributed by atoms with van der Waals surface area (Å²) in [6.07, 6.45) is 4.40. The molecule has 2 rings (SSSR count).